The third-order valence-corrected chi connectivity index (χ3v) is 4.33. The minimum atomic E-state index is 0.0738. The van der Waals surface area contributed by atoms with Gasteiger partial charge in [-0.1, -0.05) is 18.2 Å². The van der Waals surface area contributed by atoms with Crippen molar-refractivity contribution in [2.75, 3.05) is 18.0 Å². The van der Waals surface area contributed by atoms with E-state index in [1.165, 1.54) is 23.9 Å². The van der Waals surface area contributed by atoms with Gasteiger partial charge in [0, 0.05) is 30.4 Å². The molecule has 3 heteroatoms. The fraction of sp³-hybridized carbons (Fsp3) is 0.400. The molecule has 0 amide bonds. The van der Waals surface area contributed by atoms with Crippen LogP contribution in [-0.4, -0.2) is 23.6 Å². The summed E-state index contributed by atoms with van der Waals surface area (Å²) in [5.41, 5.74) is 8.84. The van der Waals surface area contributed by atoms with Crippen LogP contribution < -0.4 is 10.6 Å². The number of benzene rings is 1. The van der Waals surface area contributed by atoms with E-state index < -0.39 is 0 Å². The van der Waals surface area contributed by atoms with Crippen molar-refractivity contribution in [3.63, 3.8) is 0 Å². The average molecular weight is 239 g/mol. The predicted octanol–water partition coefficient (Wildman–Crippen LogP) is 2.16. The SMILES string of the molecule is NC1(C2CC2)CN(c2ccnc3ccccc23)C1. The minimum absolute atomic E-state index is 0.0738. The number of nitrogens with zero attached hydrogens (tertiary/aromatic N) is 2. The van der Waals surface area contributed by atoms with Crippen LogP contribution in [0.4, 0.5) is 5.69 Å². The molecule has 2 aliphatic rings. The van der Waals surface area contributed by atoms with Crippen molar-refractivity contribution < 1.29 is 0 Å². The lowest BCUT2D eigenvalue weighted by Gasteiger charge is -2.50. The summed E-state index contributed by atoms with van der Waals surface area (Å²) < 4.78 is 0. The summed E-state index contributed by atoms with van der Waals surface area (Å²) >= 11 is 0. The lowest BCUT2D eigenvalue weighted by atomic mass is 9.85. The highest BCUT2D eigenvalue weighted by Crippen LogP contribution is 2.44. The quantitative estimate of drug-likeness (QED) is 0.873. The standard InChI is InChI=1S/C15H17N3/c16-15(11-5-6-11)9-18(10-15)14-7-8-17-13-4-2-1-3-12(13)14/h1-4,7-8,11H,5-6,9-10,16H2. The third kappa shape index (κ3) is 1.44. The van der Waals surface area contributed by atoms with E-state index in [1.54, 1.807) is 0 Å². The smallest absolute Gasteiger partial charge is 0.0722 e. The van der Waals surface area contributed by atoms with Gasteiger partial charge in [0.15, 0.2) is 0 Å². The molecule has 2 aromatic rings. The maximum absolute atomic E-state index is 6.42. The van der Waals surface area contributed by atoms with Gasteiger partial charge in [0.05, 0.1) is 11.1 Å². The molecule has 1 saturated heterocycles. The second-order valence-corrected chi connectivity index (χ2v) is 5.71. The average Bonchev–Trinajstić information content (AvgIpc) is 3.19. The Labute approximate surface area is 107 Å². The Morgan fingerprint density at radius 3 is 2.72 bits per heavy atom. The van der Waals surface area contributed by atoms with E-state index in [0.29, 0.717) is 0 Å². The Hall–Kier alpha value is -1.61. The summed E-state index contributed by atoms with van der Waals surface area (Å²) in [4.78, 5) is 6.80. The predicted molar refractivity (Wildman–Crippen MR) is 73.6 cm³/mol. The fourth-order valence-electron chi connectivity index (χ4n) is 3.11. The molecule has 1 aromatic carbocycles. The first-order valence-corrected chi connectivity index (χ1v) is 6.64. The van der Waals surface area contributed by atoms with Crippen molar-refractivity contribution in [2.24, 2.45) is 11.7 Å². The van der Waals surface area contributed by atoms with Crippen molar-refractivity contribution in [1.29, 1.82) is 0 Å². The molecule has 0 spiro atoms. The number of fused-ring (bicyclic) bond motifs is 1. The fourth-order valence-corrected chi connectivity index (χ4v) is 3.11. The van der Waals surface area contributed by atoms with Crippen LogP contribution in [0.1, 0.15) is 12.8 Å². The van der Waals surface area contributed by atoms with E-state index >= 15 is 0 Å². The molecule has 4 rings (SSSR count). The number of anilines is 1. The first-order valence-electron chi connectivity index (χ1n) is 6.64. The lowest BCUT2D eigenvalue weighted by Crippen LogP contribution is -2.69. The van der Waals surface area contributed by atoms with Crippen LogP contribution in [0.5, 0.6) is 0 Å². The molecule has 92 valence electrons. The van der Waals surface area contributed by atoms with E-state index in [-0.39, 0.29) is 5.54 Å². The zero-order chi connectivity index (χ0) is 12.2. The van der Waals surface area contributed by atoms with Crippen molar-refractivity contribution in [3.8, 4) is 0 Å². The second kappa shape index (κ2) is 3.45. The van der Waals surface area contributed by atoms with Gasteiger partial charge in [-0.25, -0.2) is 0 Å². The molecule has 3 nitrogen and oxygen atoms in total. The van der Waals surface area contributed by atoms with Gasteiger partial charge < -0.3 is 10.6 Å². The van der Waals surface area contributed by atoms with Gasteiger partial charge in [0.25, 0.3) is 0 Å². The van der Waals surface area contributed by atoms with E-state index in [4.69, 9.17) is 5.73 Å². The highest BCUT2D eigenvalue weighted by Gasteiger charge is 2.50. The molecule has 0 atom stereocenters. The Kier molecular flexibility index (Phi) is 1.98. The molecule has 0 bridgehead atoms. The molecular weight excluding hydrogens is 222 g/mol. The van der Waals surface area contributed by atoms with Gasteiger partial charge in [0.2, 0.25) is 0 Å². The summed E-state index contributed by atoms with van der Waals surface area (Å²) in [7, 11) is 0. The second-order valence-electron chi connectivity index (χ2n) is 5.71. The van der Waals surface area contributed by atoms with Crippen LogP contribution in [0.3, 0.4) is 0 Å². The van der Waals surface area contributed by atoms with Gasteiger partial charge in [-0.05, 0) is 30.9 Å². The Morgan fingerprint density at radius 2 is 1.94 bits per heavy atom. The Bertz CT molecular complexity index is 592. The third-order valence-electron chi connectivity index (χ3n) is 4.33. The van der Waals surface area contributed by atoms with Gasteiger partial charge in [0.1, 0.15) is 0 Å². The summed E-state index contributed by atoms with van der Waals surface area (Å²) in [6.07, 6.45) is 4.54. The molecule has 18 heavy (non-hydrogen) atoms. The number of hydrogen-bond acceptors (Lipinski definition) is 3. The summed E-state index contributed by atoms with van der Waals surface area (Å²) in [6.45, 7) is 1.98. The minimum Gasteiger partial charge on any atom is -0.367 e. The molecule has 0 unspecified atom stereocenters. The maximum atomic E-state index is 6.42. The van der Waals surface area contributed by atoms with Crippen molar-refractivity contribution in [2.45, 2.75) is 18.4 Å². The topological polar surface area (TPSA) is 42.1 Å². The molecule has 2 N–H and O–H groups in total. The summed E-state index contributed by atoms with van der Waals surface area (Å²) in [5.74, 6) is 0.766. The van der Waals surface area contributed by atoms with Crippen LogP contribution in [0.25, 0.3) is 10.9 Å². The number of nitrogens with two attached hydrogens (primary N) is 1. The first-order chi connectivity index (χ1) is 8.76. The normalized spacial score (nSPS) is 21.9. The van der Waals surface area contributed by atoms with E-state index in [9.17, 15) is 0 Å². The maximum Gasteiger partial charge on any atom is 0.0722 e. The number of para-hydroxylation sites is 1. The molecular formula is C15H17N3. The largest absolute Gasteiger partial charge is 0.367 e. The zero-order valence-electron chi connectivity index (χ0n) is 10.3. The molecule has 1 aliphatic heterocycles. The van der Waals surface area contributed by atoms with Crippen LogP contribution in [-0.2, 0) is 0 Å². The number of rotatable bonds is 2. The van der Waals surface area contributed by atoms with Crippen molar-refractivity contribution in [1.82, 2.24) is 4.98 Å². The van der Waals surface area contributed by atoms with Crippen LogP contribution in [0.15, 0.2) is 36.5 Å². The molecule has 1 saturated carbocycles. The van der Waals surface area contributed by atoms with Crippen molar-refractivity contribution >= 4 is 16.6 Å². The van der Waals surface area contributed by atoms with Crippen LogP contribution in [0, 0.1) is 5.92 Å². The lowest BCUT2D eigenvalue weighted by molar-refractivity contribution is 0.291. The van der Waals surface area contributed by atoms with Crippen LogP contribution in [0.2, 0.25) is 0 Å². The molecule has 2 fully saturated rings. The number of aromatic nitrogens is 1. The van der Waals surface area contributed by atoms with E-state index in [0.717, 1.165) is 24.5 Å². The molecule has 2 heterocycles. The van der Waals surface area contributed by atoms with Gasteiger partial charge in [-0.2, -0.15) is 0 Å². The summed E-state index contributed by atoms with van der Waals surface area (Å²) in [5, 5.41) is 1.23. The number of hydrogen-bond donors (Lipinski definition) is 1. The highest BCUT2D eigenvalue weighted by molar-refractivity contribution is 5.92. The Morgan fingerprint density at radius 1 is 1.17 bits per heavy atom. The molecule has 0 radical (unpaired) electrons. The first kappa shape index (κ1) is 10.3. The molecule has 1 aliphatic carbocycles. The summed E-state index contributed by atoms with van der Waals surface area (Å²) in [6, 6.07) is 10.4. The van der Waals surface area contributed by atoms with Gasteiger partial charge >= 0.3 is 0 Å². The zero-order valence-corrected chi connectivity index (χ0v) is 10.3. The monoisotopic (exact) mass is 239 g/mol. The number of pyridine rings is 1. The van der Waals surface area contributed by atoms with Crippen LogP contribution >= 0.6 is 0 Å². The van der Waals surface area contributed by atoms with Gasteiger partial charge in [-0.15, -0.1) is 0 Å². The van der Waals surface area contributed by atoms with Gasteiger partial charge in [-0.3, -0.25) is 4.98 Å². The van der Waals surface area contributed by atoms with E-state index in [2.05, 4.69) is 34.1 Å². The van der Waals surface area contributed by atoms with E-state index in [1.807, 2.05) is 12.3 Å². The van der Waals surface area contributed by atoms with Crippen molar-refractivity contribution in [3.05, 3.63) is 36.5 Å². The Balaban J connectivity index is 1.68. The highest BCUT2D eigenvalue weighted by atomic mass is 15.3. The molecule has 1 aromatic heterocycles.